The lowest BCUT2D eigenvalue weighted by molar-refractivity contribution is 0.356. The summed E-state index contributed by atoms with van der Waals surface area (Å²) in [4.78, 5) is 5.67. The number of nitrogens with zero attached hydrogens (tertiary/aromatic N) is 6. The van der Waals surface area contributed by atoms with Gasteiger partial charge >= 0.3 is 0 Å². The molecular weight excluding hydrogens is 339 g/mol. The Morgan fingerprint density at radius 3 is 2.42 bits per heavy atom. The van der Waals surface area contributed by atoms with Gasteiger partial charge in [-0.05, 0) is 53.7 Å². The molecule has 0 saturated heterocycles. The minimum Gasteiger partial charge on any atom is -0.497 e. The van der Waals surface area contributed by atoms with Crippen molar-refractivity contribution in [2.45, 2.75) is 6.54 Å². The highest BCUT2D eigenvalue weighted by Gasteiger charge is 2.12. The Labute approximate surface area is 147 Å². The highest BCUT2D eigenvalue weighted by molar-refractivity contribution is 5.55. The van der Waals surface area contributed by atoms with Gasteiger partial charge in [0.2, 0.25) is 11.6 Å². The Morgan fingerprint density at radius 1 is 1.00 bits per heavy atom. The quantitative estimate of drug-likeness (QED) is 0.545. The number of halogens is 1. The van der Waals surface area contributed by atoms with Crippen LogP contribution in [0.3, 0.4) is 0 Å². The van der Waals surface area contributed by atoms with Gasteiger partial charge in [-0.2, -0.15) is 9.78 Å². The molecule has 0 fully saturated rings. The Hall–Kier alpha value is -3.62. The van der Waals surface area contributed by atoms with E-state index in [1.807, 2.05) is 24.3 Å². The van der Waals surface area contributed by atoms with Gasteiger partial charge in [0.1, 0.15) is 18.1 Å². The number of aromatic nitrogens is 6. The molecule has 4 rings (SSSR count). The van der Waals surface area contributed by atoms with Gasteiger partial charge in [-0.15, -0.1) is 10.2 Å². The monoisotopic (exact) mass is 352 g/mol. The van der Waals surface area contributed by atoms with E-state index in [0.717, 1.165) is 11.3 Å². The van der Waals surface area contributed by atoms with Crippen LogP contribution in [-0.2, 0) is 6.54 Å². The van der Waals surface area contributed by atoms with Crippen molar-refractivity contribution in [2.75, 3.05) is 7.11 Å². The van der Waals surface area contributed by atoms with Crippen molar-refractivity contribution < 1.29 is 13.7 Å². The van der Waals surface area contributed by atoms with Gasteiger partial charge in [-0.1, -0.05) is 5.16 Å². The first-order valence-electron chi connectivity index (χ1n) is 7.72. The molecule has 2 heterocycles. The number of methoxy groups -OCH3 is 1. The Kier molecular flexibility index (Phi) is 4.10. The standard InChI is InChI=1S/C17H13FN6O2/c1-25-14-8-4-11(5-9-14)16-19-15(26-22-16)10-24-21-17(20-23-24)12-2-6-13(18)7-3-12/h2-9H,10H2,1H3. The molecule has 0 N–H and O–H groups in total. The molecular formula is C17H13FN6O2. The highest BCUT2D eigenvalue weighted by Crippen LogP contribution is 2.20. The minimum atomic E-state index is -0.321. The SMILES string of the molecule is COc1ccc(-c2noc(Cn3nnc(-c4ccc(F)cc4)n3)n2)cc1. The molecule has 0 amide bonds. The summed E-state index contributed by atoms with van der Waals surface area (Å²) < 4.78 is 23.3. The van der Waals surface area contributed by atoms with Crippen molar-refractivity contribution in [3.05, 3.63) is 60.2 Å². The van der Waals surface area contributed by atoms with E-state index in [1.165, 1.54) is 16.9 Å². The Balaban J connectivity index is 1.49. The third kappa shape index (κ3) is 3.27. The summed E-state index contributed by atoms with van der Waals surface area (Å²) >= 11 is 0. The van der Waals surface area contributed by atoms with Crippen LogP contribution >= 0.6 is 0 Å². The van der Waals surface area contributed by atoms with Crippen LogP contribution in [0.5, 0.6) is 5.75 Å². The van der Waals surface area contributed by atoms with Gasteiger partial charge in [0.05, 0.1) is 7.11 Å². The van der Waals surface area contributed by atoms with Crippen molar-refractivity contribution in [1.82, 2.24) is 30.3 Å². The molecule has 8 nitrogen and oxygen atoms in total. The molecule has 0 aliphatic heterocycles. The first-order valence-corrected chi connectivity index (χ1v) is 7.72. The minimum absolute atomic E-state index is 0.178. The largest absolute Gasteiger partial charge is 0.497 e. The highest BCUT2D eigenvalue weighted by atomic mass is 19.1. The molecule has 4 aromatic rings. The first kappa shape index (κ1) is 15.9. The number of rotatable bonds is 5. The molecule has 9 heteroatoms. The summed E-state index contributed by atoms with van der Waals surface area (Å²) in [6.45, 7) is 0.178. The molecule has 130 valence electrons. The van der Waals surface area contributed by atoms with Crippen LogP contribution in [0.4, 0.5) is 4.39 Å². The lowest BCUT2D eigenvalue weighted by atomic mass is 10.2. The van der Waals surface area contributed by atoms with Crippen LogP contribution < -0.4 is 4.74 Å². The molecule has 0 radical (unpaired) electrons. The molecule has 2 aromatic heterocycles. The second-order valence-electron chi connectivity index (χ2n) is 5.39. The Bertz CT molecular complexity index is 1010. The second kappa shape index (κ2) is 6.71. The van der Waals surface area contributed by atoms with Crippen LogP contribution in [0.15, 0.2) is 53.1 Å². The lowest BCUT2D eigenvalue weighted by Gasteiger charge is -1.98. The maximum atomic E-state index is 13.0. The van der Waals surface area contributed by atoms with E-state index < -0.39 is 0 Å². The molecule has 0 aliphatic carbocycles. The predicted octanol–water partition coefficient (Wildman–Crippen LogP) is 2.59. The zero-order valence-corrected chi connectivity index (χ0v) is 13.7. The number of tetrazole rings is 1. The average Bonchev–Trinajstić information content (AvgIpc) is 3.33. The molecule has 0 aliphatic rings. The summed E-state index contributed by atoms with van der Waals surface area (Å²) in [6.07, 6.45) is 0. The molecule has 0 unspecified atom stereocenters. The molecule has 0 bridgehead atoms. The topological polar surface area (TPSA) is 91.8 Å². The zero-order valence-electron chi connectivity index (χ0n) is 13.7. The second-order valence-corrected chi connectivity index (χ2v) is 5.39. The fourth-order valence-corrected chi connectivity index (χ4v) is 2.32. The third-order valence-electron chi connectivity index (χ3n) is 3.65. The number of hydrogen-bond acceptors (Lipinski definition) is 7. The van der Waals surface area contributed by atoms with Crippen molar-refractivity contribution in [2.24, 2.45) is 0 Å². The number of hydrogen-bond donors (Lipinski definition) is 0. The molecule has 2 aromatic carbocycles. The van der Waals surface area contributed by atoms with Gasteiger partial charge in [-0.3, -0.25) is 0 Å². The van der Waals surface area contributed by atoms with Crippen LogP contribution in [0.25, 0.3) is 22.8 Å². The molecule has 0 atom stereocenters. The smallest absolute Gasteiger partial charge is 0.250 e. The van der Waals surface area contributed by atoms with Crippen molar-refractivity contribution in [1.29, 1.82) is 0 Å². The van der Waals surface area contributed by atoms with Crippen LogP contribution in [0, 0.1) is 5.82 Å². The number of benzene rings is 2. The van der Waals surface area contributed by atoms with Crippen molar-refractivity contribution in [3.8, 4) is 28.5 Å². The van der Waals surface area contributed by atoms with Gasteiger partial charge in [0.25, 0.3) is 5.89 Å². The van der Waals surface area contributed by atoms with E-state index in [-0.39, 0.29) is 12.4 Å². The maximum absolute atomic E-state index is 13.0. The van der Waals surface area contributed by atoms with E-state index >= 15 is 0 Å². The summed E-state index contributed by atoms with van der Waals surface area (Å²) in [6, 6.07) is 13.2. The van der Waals surface area contributed by atoms with Gasteiger partial charge < -0.3 is 9.26 Å². The normalized spacial score (nSPS) is 10.8. The summed E-state index contributed by atoms with van der Waals surface area (Å²) in [5.74, 6) is 1.62. The third-order valence-corrected chi connectivity index (χ3v) is 3.65. The predicted molar refractivity (Wildman–Crippen MR) is 88.6 cm³/mol. The van der Waals surface area contributed by atoms with Crippen LogP contribution in [0.1, 0.15) is 5.89 Å². The van der Waals surface area contributed by atoms with E-state index in [0.29, 0.717) is 23.1 Å². The lowest BCUT2D eigenvalue weighted by Crippen LogP contribution is -2.04. The van der Waals surface area contributed by atoms with E-state index in [4.69, 9.17) is 9.26 Å². The first-order chi connectivity index (χ1) is 12.7. The van der Waals surface area contributed by atoms with Crippen LogP contribution in [-0.4, -0.2) is 37.5 Å². The van der Waals surface area contributed by atoms with Crippen molar-refractivity contribution >= 4 is 0 Å². The molecule has 0 spiro atoms. The van der Waals surface area contributed by atoms with E-state index in [2.05, 4.69) is 25.6 Å². The van der Waals surface area contributed by atoms with E-state index in [9.17, 15) is 4.39 Å². The maximum Gasteiger partial charge on any atom is 0.250 e. The van der Waals surface area contributed by atoms with Gasteiger partial charge in [-0.25, -0.2) is 4.39 Å². The van der Waals surface area contributed by atoms with Gasteiger partial charge in [0.15, 0.2) is 0 Å². The molecule has 26 heavy (non-hydrogen) atoms. The number of ether oxygens (including phenoxy) is 1. The summed E-state index contributed by atoms with van der Waals surface area (Å²) in [5, 5.41) is 16.1. The van der Waals surface area contributed by atoms with E-state index in [1.54, 1.807) is 19.2 Å². The molecule has 0 saturated carbocycles. The zero-order chi connectivity index (χ0) is 17.9. The van der Waals surface area contributed by atoms with Crippen molar-refractivity contribution in [3.63, 3.8) is 0 Å². The fourth-order valence-electron chi connectivity index (χ4n) is 2.32. The van der Waals surface area contributed by atoms with Gasteiger partial charge in [0, 0.05) is 11.1 Å². The van der Waals surface area contributed by atoms with Crippen LogP contribution in [0.2, 0.25) is 0 Å². The average molecular weight is 352 g/mol. The summed E-state index contributed by atoms with van der Waals surface area (Å²) in [7, 11) is 1.60. The fraction of sp³-hybridized carbons (Fsp3) is 0.118. The summed E-state index contributed by atoms with van der Waals surface area (Å²) in [5.41, 5.74) is 1.47. The Morgan fingerprint density at radius 2 is 1.69 bits per heavy atom.